The second-order valence-electron chi connectivity index (χ2n) is 8.83. The number of amidine groups is 1. The molecule has 3 aromatic rings. The van der Waals surface area contributed by atoms with E-state index in [-0.39, 0.29) is 31.0 Å². The molecule has 3 aliphatic rings. The minimum atomic E-state index is -0.691. The van der Waals surface area contributed by atoms with Gasteiger partial charge in [-0.25, -0.2) is 9.40 Å². The van der Waals surface area contributed by atoms with Crippen LogP contribution in [-0.2, 0) is 9.59 Å². The number of hydrogen-bond donors (Lipinski definition) is 1. The third-order valence-electron chi connectivity index (χ3n) is 6.27. The van der Waals surface area contributed by atoms with Gasteiger partial charge < -0.3 is 14.8 Å². The number of anilines is 1. The van der Waals surface area contributed by atoms with E-state index in [1.54, 1.807) is 41.4 Å². The van der Waals surface area contributed by atoms with Gasteiger partial charge in [0, 0.05) is 29.6 Å². The van der Waals surface area contributed by atoms with E-state index in [1.807, 2.05) is 18.2 Å². The number of carbonyl (C=O) groups is 2. The Labute approximate surface area is 226 Å². The maximum absolute atomic E-state index is 13.5. The lowest BCUT2D eigenvalue weighted by molar-refractivity contribution is -0.121. The molecule has 0 bridgehead atoms. The van der Waals surface area contributed by atoms with Crippen LogP contribution in [-0.4, -0.2) is 39.7 Å². The first-order valence-electron chi connectivity index (χ1n) is 11.8. The van der Waals surface area contributed by atoms with Crippen molar-refractivity contribution in [2.75, 3.05) is 12.1 Å². The Morgan fingerprint density at radius 3 is 2.74 bits per heavy atom. The smallest absolute Gasteiger partial charge is 0.262 e. The van der Waals surface area contributed by atoms with Crippen LogP contribution in [0.2, 0.25) is 5.02 Å². The van der Waals surface area contributed by atoms with Crippen molar-refractivity contribution in [2.24, 2.45) is 10.1 Å². The van der Waals surface area contributed by atoms with Crippen molar-refractivity contribution >= 4 is 51.7 Å². The molecule has 0 saturated carbocycles. The summed E-state index contributed by atoms with van der Waals surface area (Å²) in [5.41, 5.74) is 2.95. The number of rotatable bonds is 5. The van der Waals surface area contributed by atoms with E-state index >= 15 is 0 Å². The summed E-state index contributed by atoms with van der Waals surface area (Å²) in [4.78, 5) is 29.8. The van der Waals surface area contributed by atoms with Crippen LogP contribution in [0.3, 0.4) is 0 Å². The number of halogens is 2. The minimum Gasteiger partial charge on any atom is -0.454 e. The van der Waals surface area contributed by atoms with Gasteiger partial charge in [0.25, 0.3) is 5.91 Å². The summed E-state index contributed by atoms with van der Waals surface area (Å²) >= 11 is 7.45. The molecule has 0 aromatic heterocycles. The summed E-state index contributed by atoms with van der Waals surface area (Å²) in [6.45, 7) is 0.137. The van der Waals surface area contributed by atoms with Crippen molar-refractivity contribution in [1.82, 2.24) is 5.01 Å². The molecule has 0 radical (unpaired) electrons. The first kappa shape index (κ1) is 24.4. The molecule has 3 aliphatic heterocycles. The predicted molar refractivity (Wildman–Crippen MR) is 143 cm³/mol. The van der Waals surface area contributed by atoms with Crippen molar-refractivity contribution in [3.8, 4) is 11.5 Å². The van der Waals surface area contributed by atoms with Crippen molar-refractivity contribution in [3.63, 3.8) is 0 Å². The molecular formula is C27H20ClFN4O4S. The number of carbonyl (C=O) groups excluding carboxylic acids is 2. The number of aliphatic imine (C=N–C) groups is 1. The Morgan fingerprint density at radius 1 is 1.11 bits per heavy atom. The van der Waals surface area contributed by atoms with Crippen LogP contribution in [0.1, 0.15) is 30.0 Å². The fourth-order valence-electron chi connectivity index (χ4n) is 4.44. The van der Waals surface area contributed by atoms with Crippen molar-refractivity contribution < 1.29 is 23.5 Å². The summed E-state index contributed by atoms with van der Waals surface area (Å²) in [6, 6.07) is 18.4. The summed E-state index contributed by atoms with van der Waals surface area (Å²) in [5.74, 6) is 0.105. The number of nitrogens with one attached hydrogen (secondary N) is 1. The van der Waals surface area contributed by atoms with Crippen molar-refractivity contribution in [2.45, 2.75) is 24.1 Å². The zero-order valence-electron chi connectivity index (χ0n) is 19.8. The highest BCUT2D eigenvalue weighted by atomic mass is 35.5. The van der Waals surface area contributed by atoms with Crippen LogP contribution < -0.4 is 14.8 Å². The number of hydrazone groups is 1. The SMILES string of the molecule is O=C(C[C@H]1SC(N2N=C(c3ccc(F)cc3)C[C@H]2c2cccc(Cl)c2)=NC1=O)Nc1ccc2c(c1)OCO2. The number of ether oxygens (including phenoxy) is 2. The van der Waals surface area contributed by atoms with E-state index < -0.39 is 11.2 Å². The fourth-order valence-corrected chi connectivity index (χ4v) is 5.70. The summed E-state index contributed by atoms with van der Waals surface area (Å²) in [6.07, 6.45) is 0.449. The van der Waals surface area contributed by atoms with E-state index in [9.17, 15) is 14.0 Å². The van der Waals surface area contributed by atoms with Crippen LogP contribution in [0.15, 0.2) is 76.8 Å². The fraction of sp³-hybridized carbons (Fsp3) is 0.185. The third kappa shape index (κ3) is 4.97. The van der Waals surface area contributed by atoms with Gasteiger partial charge in [-0.05, 0) is 47.5 Å². The van der Waals surface area contributed by atoms with Crippen LogP contribution in [0.25, 0.3) is 0 Å². The molecule has 11 heteroatoms. The molecule has 3 heterocycles. The molecule has 8 nitrogen and oxygen atoms in total. The molecule has 2 amide bonds. The number of hydrogen-bond acceptors (Lipinski definition) is 7. The first-order valence-corrected chi connectivity index (χ1v) is 13.1. The maximum atomic E-state index is 13.5. The Kier molecular flexibility index (Phi) is 6.50. The van der Waals surface area contributed by atoms with E-state index in [2.05, 4.69) is 10.3 Å². The van der Waals surface area contributed by atoms with Crippen LogP contribution >= 0.6 is 23.4 Å². The molecule has 3 aromatic carbocycles. The lowest BCUT2D eigenvalue weighted by Crippen LogP contribution is -2.25. The Balaban J connectivity index is 1.19. The van der Waals surface area contributed by atoms with Crippen LogP contribution in [0.5, 0.6) is 11.5 Å². The Bertz CT molecular complexity index is 1500. The molecule has 0 saturated heterocycles. The van der Waals surface area contributed by atoms with Crippen molar-refractivity contribution in [1.29, 1.82) is 0 Å². The lowest BCUT2D eigenvalue weighted by Gasteiger charge is -2.23. The van der Waals surface area contributed by atoms with E-state index in [0.29, 0.717) is 33.8 Å². The molecule has 0 spiro atoms. The monoisotopic (exact) mass is 550 g/mol. The van der Waals surface area contributed by atoms with Gasteiger partial charge in [0.05, 0.1) is 11.8 Å². The first-order chi connectivity index (χ1) is 18.4. The van der Waals surface area contributed by atoms with Gasteiger partial charge in [-0.3, -0.25) is 9.59 Å². The Hall–Kier alpha value is -3.89. The second kappa shape index (κ2) is 10.1. The van der Waals surface area contributed by atoms with Crippen molar-refractivity contribution in [3.05, 3.63) is 88.7 Å². The highest BCUT2D eigenvalue weighted by Crippen LogP contribution is 2.39. The second-order valence-corrected chi connectivity index (χ2v) is 10.4. The topological polar surface area (TPSA) is 92.6 Å². The molecule has 1 N–H and O–H groups in total. The molecule has 2 atom stereocenters. The number of benzene rings is 3. The number of nitrogens with zero attached hydrogens (tertiary/aromatic N) is 3. The van der Waals surface area contributed by atoms with Gasteiger partial charge in [-0.1, -0.05) is 47.6 Å². The van der Waals surface area contributed by atoms with E-state index in [1.165, 1.54) is 23.9 Å². The molecule has 192 valence electrons. The third-order valence-corrected chi connectivity index (χ3v) is 7.65. The quantitative estimate of drug-likeness (QED) is 0.458. The zero-order chi connectivity index (χ0) is 26.2. The summed E-state index contributed by atoms with van der Waals surface area (Å²) < 4.78 is 24.1. The van der Waals surface area contributed by atoms with E-state index in [0.717, 1.165) is 16.8 Å². The van der Waals surface area contributed by atoms with Crippen LogP contribution in [0.4, 0.5) is 10.1 Å². The van der Waals surface area contributed by atoms with Gasteiger partial charge in [0.1, 0.15) is 11.1 Å². The maximum Gasteiger partial charge on any atom is 0.262 e. The molecule has 0 fully saturated rings. The van der Waals surface area contributed by atoms with Gasteiger partial charge in [-0.2, -0.15) is 10.1 Å². The zero-order valence-corrected chi connectivity index (χ0v) is 21.3. The number of amides is 2. The van der Waals surface area contributed by atoms with Gasteiger partial charge in [0.2, 0.25) is 12.7 Å². The lowest BCUT2D eigenvalue weighted by atomic mass is 9.98. The van der Waals surface area contributed by atoms with Crippen LogP contribution in [0, 0.1) is 5.82 Å². The molecule has 38 heavy (non-hydrogen) atoms. The number of thioether (sulfide) groups is 1. The standard InChI is InChI=1S/C27H20ClFN4O4S/c28-17-3-1-2-16(10-17)21-12-20(15-4-6-18(29)7-5-15)32-33(21)27-31-26(35)24(38-27)13-25(34)30-19-8-9-22-23(11-19)37-14-36-22/h1-11,21,24H,12-14H2,(H,30,34)/t21-,24+/m0/s1. The van der Waals surface area contributed by atoms with Gasteiger partial charge >= 0.3 is 0 Å². The average Bonchev–Trinajstić information content (AvgIpc) is 3.63. The van der Waals surface area contributed by atoms with Gasteiger partial charge in [-0.15, -0.1) is 0 Å². The molecule has 6 rings (SSSR count). The molecule has 0 unspecified atom stereocenters. The highest BCUT2D eigenvalue weighted by molar-refractivity contribution is 8.15. The summed E-state index contributed by atoms with van der Waals surface area (Å²) in [7, 11) is 0. The summed E-state index contributed by atoms with van der Waals surface area (Å²) in [5, 5.41) is 9.54. The number of fused-ring (bicyclic) bond motifs is 1. The normalized spacial score (nSPS) is 19.9. The van der Waals surface area contributed by atoms with E-state index in [4.69, 9.17) is 26.2 Å². The largest absolute Gasteiger partial charge is 0.454 e. The highest BCUT2D eigenvalue weighted by Gasteiger charge is 2.39. The average molecular weight is 551 g/mol. The van der Waals surface area contributed by atoms with Gasteiger partial charge in [0.15, 0.2) is 16.7 Å². The Morgan fingerprint density at radius 2 is 1.92 bits per heavy atom. The molecule has 0 aliphatic carbocycles. The predicted octanol–water partition coefficient (Wildman–Crippen LogP) is 5.39. The minimum absolute atomic E-state index is 0.0604. The molecular weight excluding hydrogens is 531 g/mol.